The predicted octanol–water partition coefficient (Wildman–Crippen LogP) is 2.92. The molecule has 1 aliphatic heterocycles. The quantitative estimate of drug-likeness (QED) is 0.430. The third-order valence-electron chi connectivity index (χ3n) is 5.62. The first-order chi connectivity index (χ1) is 14.2. The predicted molar refractivity (Wildman–Crippen MR) is 113 cm³/mol. The van der Waals surface area contributed by atoms with Gasteiger partial charge in [-0.05, 0) is 58.2 Å². The molecule has 0 radical (unpaired) electrons. The number of piperidine rings is 1. The van der Waals surface area contributed by atoms with Gasteiger partial charge in [-0.15, -0.1) is 5.10 Å². The van der Waals surface area contributed by atoms with E-state index in [1.54, 1.807) is 0 Å². The number of anilines is 1. The number of likely N-dealkylation sites (tertiary alicyclic amines) is 1. The smallest absolute Gasteiger partial charge is 0.323 e. The molecule has 0 amide bonds. The SMILES string of the molecule is CCCCc1nc(N)c2c(n1)c(CCCCCCN1CCCCC1)nn2OC=O. The Morgan fingerprint density at radius 1 is 1.03 bits per heavy atom. The van der Waals surface area contributed by atoms with Gasteiger partial charge in [-0.25, -0.2) is 9.97 Å². The van der Waals surface area contributed by atoms with Crippen molar-refractivity contribution < 1.29 is 9.63 Å². The number of fused-ring (bicyclic) bond motifs is 1. The molecule has 8 heteroatoms. The van der Waals surface area contributed by atoms with Crippen LogP contribution in [-0.4, -0.2) is 50.9 Å². The van der Waals surface area contributed by atoms with Gasteiger partial charge in [-0.2, -0.15) is 0 Å². The summed E-state index contributed by atoms with van der Waals surface area (Å²) in [6.45, 7) is 6.23. The number of carbonyl (C=O) groups is 1. The zero-order valence-corrected chi connectivity index (χ0v) is 17.6. The molecule has 29 heavy (non-hydrogen) atoms. The Morgan fingerprint density at radius 2 is 1.83 bits per heavy atom. The standard InChI is InChI=1S/C21H34N6O2/c1-2-3-12-18-23-19-17(25-27(29-16-28)20(19)21(22)24-18)11-7-4-5-8-13-26-14-9-6-10-15-26/h16H,2-15H2,1H3,(H2,22,23,24). The average molecular weight is 403 g/mol. The van der Waals surface area contributed by atoms with Crippen molar-refractivity contribution in [3.63, 3.8) is 0 Å². The van der Waals surface area contributed by atoms with Gasteiger partial charge in [0.1, 0.15) is 11.3 Å². The van der Waals surface area contributed by atoms with Crippen LogP contribution in [0.15, 0.2) is 0 Å². The molecule has 2 aromatic heterocycles. The number of nitrogen functional groups attached to an aromatic ring is 1. The second-order valence-corrected chi connectivity index (χ2v) is 7.91. The van der Waals surface area contributed by atoms with Crippen LogP contribution in [0.25, 0.3) is 11.0 Å². The molecular weight excluding hydrogens is 368 g/mol. The van der Waals surface area contributed by atoms with E-state index < -0.39 is 0 Å². The van der Waals surface area contributed by atoms with Gasteiger partial charge < -0.3 is 15.5 Å². The highest BCUT2D eigenvalue weighted by Crippen LogP contribution is 2.23. The molecule has 1 saturated heterocycles. The minimum absolute atomic E-state index is 0.309. The summed E-state index contributed by atoms with van der Waals surface area (Å²) in [5, 5.41) is 4.42. The van der Waals surface area contributed by atoms with Crippen LogP contribution in [-0.2, 0) is 17.6 Å². The molecule has 160 valence electrons. The summed E-state index contributed by atoms with van der Waals surface area (Å²) in [6.07, 6.45) is 12.4. The van der Waals surface area contributed by atoms with Crippen LogP contribution in [0, 0.1) is 0 Å². The first-order valence-corrected chi connectivity index (χ1v) is 11.1. The van der Waals surface area contributed by atoms with E-state index in [2.05, 4.69) is 26.9 Å². The number of hydrogen-bond donors (Lipinski definition) is 1. The van der Waals surface area contributed by atoms with E-state index in [9.17, 15) is 4.79 Å². The second-order valence-electron chi connectivity index (χ2n) is 7.91. The zero-order chi connectivity index (χ0) is 20.5. The molecule has 2 aromatic rings. The fourth-order valence-electron chi connectivity index (χ4n) is 4.01. The zero-order valence-electron chi connectivity index (χ0n) is 17.6. The van der Waals surface area contributed by atoms with E-state index in [4.69, 9.17) is 10.6 Å². The molecule has 0 aromatic carbocycles. The number of carbonyl (C=O) groups excluding carboxylic acids is 1. The van der Waals surface area contributed by atoms with Gasteiger partial charge in [0.05, 0.1) is 5.69 Å². The minimum atomic E-state index is 0.309. The van der Waals surface area contributed by atoms with Crippen LogP contribution in [0.1, 0.15) is 76.2 Å². The maximum Gasteiger partial charge on any atom is 0.323 e. The summed E-state index contributed by atoms with van der Waals surface area (Å²) in [7, 11) is 0. The normalized spacial score (nSPS) is 15.1. The Kier molecular flexibility index (Phi) is 8.22. The van der Waals surface area contributed by atoms with Gasteiger partial charge in [0.15, 0.2) is 11.3 Å². The van der Waals surface area contributed by atoms with E-state index in [-0.39, 0.29) is 0 Å². The van der Waals surface area contributed by atoms with Gasteiger partial charge >= 0.3 is 6.47 Å². The maximum atomic E-state index is 10.8. The third kappa shape index (κ3) is 5.88. The summed E-state index contributed by atoms with van der Waals surface area (Å²) >= 11 is 0. The van der Waals surface area contributed by atoms with Crippen LogP contribution < -0.4 is 10.6 Å². The molecule has 0 atom stereocenters. The number of nitrogens with zero attached hydrogens (tertiary/aromatic N) is 5. The third-order valence-corrected chi connectivity index (χ3v) is 5.62. The topological polar surface area (TPSA) is 99.2 Å². The molecule has 0 unspecified atom stereocenters. The highest BCUT2D eigenvalue weighted by Gasteiger charge is 2.18. The van der Waals surface area contributed by atoms with Gasteiger partial charge in [0.2, 0.25) is 0 Å². The molecule has 3 rings (SSSR count). The van der Waals surface area contributed by atoms with E-state index >= 15 is 0 Å². The van der Waals surface area contributed by atoms with Crippen molar-refractivity contribution in [2.24, 2.45) is 0 Å². The maximum absolute atomic E-state index is 10.8. The number of aromatic nitrogens is 4. The highest BCUT2D eigenvalue weighted by molar-refractivity contribution is 5.86. The van der Waals surface area contributed by atoms with E-state index in [0.29, 0.717) is 23.3 Å². The van der Waals surface area contributed by atoms with Crippen molar-refractivity contribution >= 4 is 23.3 Å². The van der Waals surface area contributed by atoms with Crippen molar-refractivity contribution in [2.45, 2.75) is 77.6 Å². The fourth-order valence-corrected chi connectivity index (χ4v) is 4.01. The molecule has 0 spiro atoms. The number of rotatable bonds is 12. The molecule has 2 N–H and O–H groups in total. The van der Waals surface area contributed by atoms with E-state index in [0.717, 1.165) is 54.9 Å². The molecule has 0 aliphatic carbocycles. The summed E-state index contributed by atoms with van der Waals surface area (Å²) in [6, 6.07) is 0. The van der Waals surface area contributed by atoms with Crippen LogP contribution in [0.2, 0.25) is 0 Å². The Hall–Kier alpha value is -2.22. The van der Waals surface area contributed by atoms with Crippen LogP contribution in [0.5, 0.6) is 0 Å². The monoisotopic (exact) mass is 402 g/mol. The highest BCUT2D eigenvalue weighted by atomic mass is 16.7. The Labute approximate surface area is 172 Å². The number of unbranched alkanes of at least 4 members (excludes halogenated alkanes) is 4. The van der Waals surface area contributed by atoms with Crippen molar-refractivity contribution in [1.29, 1.82) is 0 Å². The van der Waals surface area contributed by atoms with E-state index in [1.807, 2.05) is 0 Å². The van der Waals surface area contributed by atoms with Crippen LogP contribution >= 0.6 is 0 Å². The molecule has 0 saturated carbocycles. The van der Waals surface area contributed by atoms with Crippen molar-refractivity contribution in [1.82, 2.24) is 24.8 Å². The summed E-state index contributed by atoms with van der Waals surface area (Å²) in [5.74, 6) is 1.04. The largest absolute Gasteiger partial charge is 0.382 e. The first kappa shape index (κ1) is 21.5. The van der Waals surface area contributed by atoms with Gasteiger partial charge in [0.25, 0.3) is 0 Å². The lowest BCUT2D eigenvalue weighted by Gasteiger charge is -2.26. The van der Waals surface area contributed by atoms with Gasteiger partial charge in [0, 0.05) is 6.42 Å². The van der Waals surface area contributed by atoms with E-state index in [1.165, 1.54) is 51.7 Å². The molecule has 1 fully saturated rings. The molecule has 1 aliphatic rings. The minimum Gasteiger partial charge on any atom is -0.382 e. The lowest BCUT2D eigenvalue weighted by atomic mass is 10.1. The van der Waals surface area contributed by atoms with Crippen LogP contribution in [0.3, 0.4) is 0 Å². The van der Waals surface area contributed by atoms with Crippen molar-refractivity contribution in [3.05, 3.63) is 11.5 Å². The number of hydrogen-bond acceptors (Lipinski definition) is 7. The molecule has 3 heterocycles. The molecular formula is C21H34N6O2. The summed E-state index contributed by atoms with van der Waals surface area (Å²) < 4.78 is 0. The summed E-state index contributed by atoms with van der Waals surface area (Å²) in [5.41, 5.74) is 8.14. The van der Waals surface area contributed by atoms with Gasteiger partial charge in [-0.1, -0.05) is 37.5 Å². The Balaban J connectivity index is 1.58. The van der Waals surface area contributed by atoms with Crippen molar-refractivity contribution in [2.75, 3.05) is 25.4 Å². The molecule has 8 nitrogen and oxygen atoms in total. The first-order valence-electron chi connectivity index (χ1n) is 11.1. The van der Waals surface area contributed by atoms with Crippen LogP contribution in [0.4, 0.5) is 5.82 Å². The Bertz CT molecular complexity index is 785. The van der Waals surface area contributed by atoms with Crippen molar-refractivity contribution in [3.8, 4) is 0 Å². The lowest BCUT2D eigenvalue weighted by molar-refractivity contribution is -0.130. The lowest BCUT2D eigenvalue weighted by Crippen LogP contribution is -2.30. The van der Waals surface area contributed by atoms with Gasteiger partial charge in [-0.3, -0.25) is 4.79 Å². The Morgan fingerprint density at radius 3 is 2.59 bits per heavy atom. The summed E-state index contributed by atoms with van der Waals surface area (Å²) in [4.78, 5) is 28.6. The number of aryl methyl sites for hydroxylation is 2. The molecule has 0 bridgehead atoms. The average Bonchev–Trinajstić information content (AvgIpc) is 3.08. The second kappa shape index (κ2) is 11.1. The number of nitrogens with two attached hydrogens (primary N) is 1. The fraction of sp³-hybridized carbons (Fsp3) is 0.714.